The molecule has 4 rings (SSSR count). The third-order valence-electron chi connectivity index (χ3n) is 5.19. The number of benzene rings is 1. The minimum atomic E-state index is -0.247. The summed E-state index contributed by atoms with van der Waals surface area (Å²) in [6.45, 7) is 5.90. The molecule has 3 N–H and O–H groups in total. The van der Waals surface area contributed by atoms with Gasteiger partial charge in [0, 0.05) is 6.42 Å². The van der Waals surface area contributed by atoms with Crippen LogP contribution >= 0.6 is 11.3 Å². The Kier molecular flexibility index (Phi) is 4.64. The maximum Gasteiger partial charge on any atom is 0.235 e. The lowest BCUT2D eigenvalue weighted by atomic mass is 10.0. The topological polar surface area (TPSA) is 59.3 Å². The number of quaternary nitrogens is 2. The van der Waals surface area contributed by atoms with Gasteiger partial charge in [-0.15, -0.1) is 5.10 Å². The largest absolute Gasteiger partial charge is 0.492 e. The number of aromatic nitrogens is 3. The Balaban J connectivity index is 1.81. The Morgan fingerprint density at radius 1 is 1.27 bits per heavy atom. The summed E-state index contributed by atoms with van der Waals surface area (Å²) >= 11 is 1.41. The normalized spacial score (nSPS) is 22.0. The SMILES string of the molecule is CCc1nc2sc([C@H](c3ccccc3F)[NH+]3CC[NH+](C)CC3)c(O)n2n1. The van der Waals surface area contributed by atoms with Crippen LogP contribution in [-0.4, -0.2) is 52.9 Å². The van der Waals surface area contributed by atoms with Crippen LogP contribution in [0.2, 0.25) is 0 Å². The Labute approximate surface area is 155 Å². The van der Waals surface area contributed by atoms with Gasteiger partial charge in [0.15, 0.2) is 11.9 Å². The highest BCUT2D eigenvalue weighted by Crippen LogP contribution is 2.35. The first-order valence-corrected chi connectivity index (χ1v) is 9.87. The van der Waals surface area contributed by atoms with Gasteiger partial charge in [0.05, 0.1) is 12.6 Å². The molecule has 1 fully saturated rings. The van der Waals surface area contributed by atoms with Crippen molar-refractivity contribution in [2.75, 3.05) is 33.2 Å². The molecule has 0 bridgehead atoms. The van der Waals surface area contributed by atoms with Crippen LogP contribution in [-0.2, 0) is 6.42 Å². The van der Waals surface area contributed by atoms with Crippen LogP contribution < -0.4 is 9.80 Å². The molecule has 0 aliphatic carbocycles. The monoisotopic (exact) mass is 377 g/mol. The number of hydrogen-bond acceptors (Lipinski definition) is 4. The fourth-order valence-electron chi connectivity index (χ4n) is 3.67. The van der Waals surface area contributed by atoms with Gasteiger partial charge in [0.2, 0.25) is 10.8 Å². The molecule has 0 spiro atoms. The molecule has 3 aromatic rings. The molecular weight excluding hydrogens is 353 g/mol. The van der Waals surface area contributed by atoms with Gasteiger partial charge in [-0.2, -0.15) is 4.52 Å². The van der Waals surface area contributed by atoms with Gasteiger partial charge in [0.1, 0.15) is 36.9 Å². The number of aromatic hydroxyl groups is 1. The summed E-state index contributed by atoms with van der Waals surface area (Å²) in [5.74, 6) is 0.559. The van der Waals surface area contributed by atoms with Gasteiger partial charge in [0.25, 0.3) is 0 Å². The van der Waals surface area contributed by atoms with Crippen molar-refractivity contribution < 1.29 is 19.3 Å². The van der Waals surface area contributed by atoms with Crippen LogP contribution in [0.15, 0.2) is 24.3 Å². The van der Waals surface area contributed by atoms with Crippen LogP contribution in [0.1, 0.15) is 29.2 Å². The van der Waals surface area contributed by atoms with E-state index in [1.807, 2.05) is 19.1 Å². The molecule has 0 amide bonds. The molecule has 1 aromatic carbocycles. The second-order valence-electron chi connectivity index (χ2n) is 6.94. The summed E-state index contributed by atoms with van der Waals surface area (Å²) in [7, 11) is 2.18. The summed E-state index contributed by atoms with van der Waals surface area (Å²) in [6.07, 6.45) is 0.715. The van der Waals surface area contributed by atoms with Crippen molar-refractivity contribution in [2.24, 2.45) is 0 Å². The highest BCUT2D eigenvalue weighted by atomic mass is 32.1. The standard InChI is InChI=1S/C18H22FN5OS/c1-3-14-20-18-24(21-14)17(25)16(26-18)15(12-6-4-5-7-13(12)19)23-10-8-22(2)9-11-23/h4-7,15,25H,3,8-11H2,1-2H3/p+2/t15-/m0/s1. The van der Waals surface area contributed by atoms with E-state index in [4.69, 9.17) is 0 Å². The van der Waals surface area contributed by atoms with E-state index in [2.05, 4.69) is 17.1 Å². The van der Waals surface area contributed by atoms with Crippen molar-refractivity contribution in [3.63, 3.8) is 0 Å². The smallest absolute Gasteiger partial charge is 0.235 e. The third kappa shape index (κ3) is 2.98. The minimum absolute atomic E-state index is 0.0872. The molecule has 1 saturated heterocycles. The summed E-state index contributed by atoms with van der Waals surface area (Å²) < 4.78 is 16.1. The van der Waals surface area contributed by atoms with Crippen LogP contribution in [0.3, 0.4) is 0 Å². The lowest BCUT2D eigenvalue weighted by Crippen LogP contribution is -3.27. The minimum Gasteiger partial charge on any atom is -0.492 e. The number of nitrogens with one attached hydrogen (secondary N) is 2. The zero-order chi connectivity index (χ0) is 18.3. The molecule has 6 nitrogen and oxygen atoms in total. The lowest BCUT2D eigenvalue weighted by Gasteiger charge is -2.33. The van der Waals surface area contributed by atoms with Gasteiger partial charge < -0.3 is 14.9 Å². The second-order valence-corrected chi connectivity index (χ2v) is 7.94. The molecule has 8 heteroatoms. The van der Waals surface area contributed by atoms with E-state index in [0.29, 0.717) is 22.8 Å². The Hall–Kier alpha value is -2.03. The number of rotatable bonds is 4. The van der Waals surface area contributed by atoms with Crippen LogP contribution in [0.25, 0.3) is 4.96 Å². The highest BCUT2D eigenvalue weighted by molar-refractivity contribution is 7.17. The average Bonchev–Trinajstić information content (AvgIpc) is 3.18. The fraction of sp³-hybridized carbons (Fsp3) is 0.444. The fourth-order valence-corrected chi connectivity index (χ4v) is 4.82. The zero-order valence-corrected chi connectivity index (χ0v) is 15.8. The number of halogens is 1. The Bertz CT molecular complexity index is 916. The van der Waals surface area contributed by atoms with Gasteiger partial charge >= 0.3 is 0 Å². The molecule has 26 heavy (non-hydrogen) atoms. The van der Waals surface area contributed by atoms with Crippen LogP contribution in [0.4, 0.5) is 4.39 Å². The van der Waals surface area contributed by atoms with Crippen LogP contribution in [0.5, 0.6) is 5.88 Å². The number of likely N-dealkylation sites (N-methyl/N-ethyl adjacent to an activating group) is 1. The predicted octanol–water partition coefficient (Wildman–Crippen LogP) is -0.299. The molecule has 0 unspecified atom stereocenters. The van der Waals surface area contributed by atoms with Crippen molar-refractivity contribution in [3.8, 4) is 5.88 Å². The van der Waals surface area contributed by atoms with Gasteiger partial charge in [-0.05, 0) is 12.1 Å². The molecule has 1 atom stereocenters. The number of piperazine rings is 1. The van der Waals surface area contributed by atoms with Crippen molar-refractivity contribution >= 4 is 16.3 Å². The number of thiazole rings is 1. The quantitative estimate of drug-likeness (QED) is 0.585. The summed E-state index contributed by atoms with van der Waals surface area (Å²) in [5.41, 5.74) is 0.623. The maximum absolute atomic E-state index is 14.7. The molecule has 1 aliphatic rings. The van der Waals surface area contributed by atoms with Crippen molar-refractivity contribution in [2.45, 2.75) is 19.4 Å². The molecule has 138 valence electrons. The number of nitrogens with zero attached hydrogens (tertiary/aromatic N) is 3. The van der Waals surface area contributed by atoms with E-state index >= 15 is 0 Å². The Morgan fingerprint density at radius 3 is 2.65 bits per heavy atom. The van der Waals surface area contributed by atoms with Crippen molar-refractivity contribution in [3.05, 3.63) is 46.3 Å². The molecule has 1 aliphatic heterocycles. The van der Waals surface area contributed by atoms with Gasteiger partial charge in [-0.3, -0.25) is 0 Å². The Morgan fingerprint density at radius 2 is 2.00 bits per heavy atom. The molecule has 3 heterocycles. The second kappa shape index (κ2) is 6.94. The number of fused-ring (bicyclic) bond motifs is 1. The van der Waals surface area contributed by atoms with E-state index in [9.17, 15) is 9.50 Å². The average molecular weight is 377 g/mol. The summed E-state index contributed by atoms with van der Waals surface area (Å²) in [6, 6.07) is 6.63. The first-order valence-electron chi connectivity index (χ1n) is 9.06. The van der Waals surface area contributed by atoms with Crippen LogP contribution in [0, 0.1) is 5.82 Å². The number of aryl methyl sites for hydroxylation is 1. The van der Waals surface area contributed by atoms with Crippen molar-refractivity contribution in [1.29, 1.82) is 0 Å². The zero-order valence-electron chi connectivity index (χ0n) is 15.0. The highest BCUT2D eigenvalue weighted by Gasteiger charge is 2.36. The van der Waals surface area contributed by atoms with E-state index in [1.54, 1.807) is 6.07 Å². The lowest BCUT2D eigenvalue weighted by molar-refractivity contribution is -1.02. The summed E-state index contributed by atoms with van der Waals surface area (Å²) in [4.78, 5) is 8.63. The van der Waals surface area contributed by atoms with E-state index in [1.165, 1.54) is 31.7 Å². The number of hydrogen-bond donors (Lipinski definition) is 3. The first-order chi connectivity index (χ1) is 12.6. The third-order valence-corrected chi connectivity index (χ3v) is 6.28. The van der Waals surface area contributed by atoms with E-state index in [-0.39, 0.29) is 17.7 Å². The molecule has 0 radical (unpaired) electrons. The van der Waals surface area contributed by atoms with Gasteiger partial charge in [-0.1, -0.05) is 30.4 Å². The van der Waals surface area contributed by atoms with E-state index in [0.717, 1.165) is 31.1 Å². The molecule has 2 aromatic heterocycles. The van der Waals surface area contributed by atoms with Gasteiger partial charge in [-0.25, -0.2) is 9.37 Å². The molecular formula is C18H24FN5OS+2. The predicted molar refractivity (Wildman–Crippen MR) is 97.5 cm³/mol. The van der Waals surface area contributed by atoms with E-state index < -0.39 is 0 Å². The summed E-state index contributed by atoms with van der Waals surface area (Å²) in [5, 5.41) is 15.2. The molecule has 0 saturated carbocycles. The maximum atomic E-state index is 14.7. The first kappa shape index (κ1) is 17.4. The van der Waals surface area contributed by atoms with Crippen molar-refractivity contribution in [1.82, 2.24) is 14.6 Å².